The molecule has 1 rings (SSSR count). The van der Waals surface area contributed by atoms with Gasteiger partial charge in [0.2, 0.25) is 5.91 Å². The van der Waals surface area contributed by atoms with E-state index in [1.54, 1.807) is 6.08 Å². The summed E-state index contributed by atoms with van der Waals surface area (Å²) < 4.78 is 11.1. The molecule has 0 aliphatic carbocycles. The Morgan fingerprint density at radius 2 is 1.03 bits per heavy atom. The van der Waals surface area contributed by atoms with Crippen molar-refractivity contribution >= 4 is 5.91 Å². The average molecular weight is 858 g/mol. The first-order valence-corrected chi connectivity index (χ1v) is 24.7. The highest BCUT2D eigenvalue weighted by Gasteiger charge is 2.44. The van der Waals surface area contributed by atoms with Crippen molar-refractivity contribution in [2.45, 2.75) is 236 Å². The molecule has 7 atom stereocenters. The van der Waals surface area contributed by atoms with Gasteiger partial charge in [-0.15, -0.1) is 0 Å². The van der Waals surface area contributed by atoms with E-state index in [1.165, 1.54) is 103 Å². The molecule has 0 bridgehead atoms. The van der Waals surface area contributed by atoms with Crippen LogP contribution in [0.1, 0.15) is 194 Å². The Bertz CT molecular complexity index is 1180. The van der Waals surface area contributed by atoms with E-state index in [0.29, 0.717) is 6.42 Å². The van der Waals surface area contributed by atoms with Crippen LogP contribution in [-0.2, 0) is 14.3 Å². The highest BCUT2D eigenvalue weighted by molar-refractivity contribution is 5.76. The number of allylic oxidation sites excluding steroid dienone is 11. The smallest absolute Gasteiger partial charge is 0.220 e. The van der Waals surface area contributed by atoms with Gasteiger partial charge in [-0.3, -0.25) is 4.79 Å². The maximum absolute atomic E-state index is 12.9. The van der Waals surface area contributed by atoms with E-state index < -0.39 is 49.5 Å². The largest absolute Gasteiger partial charge is 0.394 e. The number of rotatable bonds is 40. The molecule has 9 nitrogen and oxygen atoms in total. The SMILES string of the molecule is CC/C=C\C/C=C\C/C=C\C/C=C\CCCCCCCCCCCCCCCCCCCCC(=O)NC(COC1OC(CO)C(O)C(O)C1O)C(O)/C=C/CC/C=C/CCC. The van der Waals surface area contributed by atoms with E-state index in [1.807, 2.05) is 6.08 Å². The van der Waals surface area contributed by atoms with Crippen LogP contribution < -0.4 is 5.32 Å². The molecule has 9 heteroatoms. The number of hydrogen-bond donors (Lipinski definition) is 6. The molecule has 0 aromatic heterocycles. The number of carbonyl (C=O) groups excluding carboxylic acids is 1. The first-order chi connectivity index (χ1) is 29.8. The molecule has 1 fully saturated rings. The highest BCUT2D eigenvalue weighted by Crippen LogP contribution is 2.22. The van der Waals surface area contributed by atoms with Gasteiger partial charge < -0.3 is 40.3 Å². The van der Waals surface area contributed by atoms with Gasteiger partial charge in [0.1, 0.15) is 24.4 Å². The summed E-state index contributed by atoms with van der Waals surface area (Å²) in [6.45, 7) is 3.52. The van der Waals surface area contributed by atoms with Crippen LogP contribution in [0.2, 0.25) is 0 Å². The van der Waals surface area contributed by atoms with E-state index in [4.69, 9.17) is 9.47 Å². The quantitative estimate of drug-likeness (QED) is 0.0264. The predicted molar refractivity (Wildman–Crippen MR) is 253 cm³/mol. The molecular weight excluding hydrogens is 767 g/mol. The second-order valence-electron chi connectivity index (χ2n) is 16.9. The third-order valence-electron chi connectivity index (χ3n) is 11.2. The molecule has 1 heterocycles. The van der Waals surface area contributed by atoms with Gasteiger partial charge in [-0.05, 0) is 64.2 Å². The molecule has 1 saturated heterocycles. The van der Waals surface area contributed by atoms with E-state index in [-0.39, 0.29) is 12.5 Å². The van der Waals surface area contributed by atoms with Gasteiger partial charge in [0.25, 0.3) is 0 Å². The zero-order chi connectivity index (χ0) is 44.4. The molecule has 1 aliphatic heterocycles. The van der Waals surface area contributed by atoms with Crippen LogP contribution >= 0.6 is 0 Å². The monoisotopic (exact) mass is 858 g/mol. The fourth-order valence-electron chi connectivity index (χ4n) is 7.35. The van der Waals surface area contributed by atoms with E-state index in [0.717, 1.165) is 70.6 Å². The van der Waals surface area contributed by atoms with Gasteiger partial charge >= 0.3 is 0 Å². The molecule has 0 radical (unpaired) electrons. The van der Waals surface area contributed by atoms with Gasteiger partial charge in [-0.1, -0.05) is 196 Å². The standard InChI is InChI=1S/C52H91NO8/c1-3-5-7-9-11-12-13-14-15-16-17-18-19-20-21-22-23-24-25-26-27-28-29-30-31-32-33-34-36-38-40-42-48(56)53-45(46(55)41-39-37-35-10-8-6-4-2)44-60-52-51(59)50(58)49(57)47(43-54)61-52/h5,7-8,10-12,14-15,17-18,39,41,45-47,49-52,54-55,57-59H,3-4,6,9,13,16,19-38,40,42-44H2,1-2H3,(H,53,56)/b7-5-,10-8+,12-11-,15-14-,18-17-,41-39+. The van der Waals surface area contributed by atoms with Crippen LogP contribution in [0.15, 0.2) is 72.9 Å². The van der Waals surface area contributed by atoms with E-state index in [9.17, 15) is 30.3 Å². The van der Waals surface area contributed by atoms with Gasteiger partial charge in [-0.2, -0.15) is 0 Å². The molecule has 7 unspecified atom stereocenters. The summed E-state index contributed by atoms with van der Waals surface area (Å²) in [5, 5.41) is 53.9. The van der Waals surface area contributed by atoms with Gasteiger partial charge in [0.05, 0.1) is 25.4 Å². The molecule has 0 spiro atoms. The average Bonchev–Trinajstić information content (AvgIpc) is 3.26. The predicted octanol–water partition coefficient (Wildman–Crippen LogP) is 10.9. The number of amides is 1. The number of hydrogen-bond acceptors (Lipinski definition) is 8. The summed E-state index contributed by atoms with van der Waals surface area (Å²) in [7, 11) is 0. The lowest BCUT2D eigenvalue weighted by Gasteiger charge is -2.40. The van der Waals surface area contributed by atoms with Crippen molar-refractivity contribution in [3.63, 3.8) is 0 Å². The zero-order valence-corrected chi connectivity index (χ0v) is 38.6. The topological polar surface area (TPSA) is 149 Å². The highest BCUT2D eigenvalue weighted by atomic mass is 16.7. The fraction of sp³-hybridized carbons (Fsp3) is 0.750. The number of aliphatic hydroxyl groups is 5. The maximum Gasteiger partial charge on any atom is 0.220 e. The van der Waals surface area contributed by atoms with Crippen LogP contribution in [0, 0.1) is 0 Å². The maximum atomic E-state index is 12.9. The molecular formula is C52H91NO8. The Kier molecular flexibility index (Phi) is 38.7. The Balaban J connectivity index is 2.09. The molecule has 61 heavy (non-hydrogen) atoms. The van der Waals surface area contributed by atoms with Crippen LogP contribution in [0.3, 0.4) is 0 Å². The second kappa shape index (κ2) is 41.6. The first kappa shape index (κ1) is 56.6. The third kappa shape index (κ3) is 32.0. The summed E-state index contributed by atoms with van der Waals surface area (Å²) in [4.78, 5) is 12.9. The molecule has 1 aliphatic rings. The summed E-state index contributed by atoms with van der Waals surface area (Å²) in [5.74, 6) is -0.193. The normalized spacial score (nSPS) is 21.1. The molecule has 0 saturated carbocycles. The molecule has 0 aromatic rings. The lowest BCUT2D eigenvalue weighted by atomic mass is 9.99. The van der Waals surface area contributed by atoms with Crippen LogP contribution in [0.5, 0.6) is 0 Å². The van der Waals surface area contributed by atoms with Gasteiger partial charge in [-0.25, -0.2) is 0 Å². The summed E-state index contributed by atoms with van der Waals surface area (Å²) in [6.07, 6.45) is 50.1. The Labute approximate surface area is 372 Å². The molecule has 352 valence electrons. The van der Waals surface area contributed by atoms with E-state index >= 15 is 0 Å². The molecule has 0 aromatic carbocycles. The third-order valence-corrected chi connectivity index (χ3v) is 11.2. The van der Waals surface area contributed by atoms with Crippen LogP contribution in [0.4, 0.5) is 0 Å². The number of unbranched alkanes of at least 4 members (excludes halogenated alkanes) is 20. The van der Waals surface area contributed by atoms with E-state index in [2.05, 4.69) is 79.9 Å². The fourth-order valence-corrected chi connectivity index (χ4v) is 7.35. The van der Waals surface area contributed by atoms with Gasteiger partial charge in [0.15, 0.2) is 6.29 Å². The second-order valence-corrected chi connectivity index (χ2v) is 16.9. The van der Waals surface area contributed by atoms with Crippen molar-refractivity contribution < 1.29 is 39.8 Å². The number of aliphatic hydroxyl groups excluding tert-OH is 5. The Morgan fingerprint density at radius 1 is 0.574 bits per heavy atom. The van der Waals surface area contributed by atoms with Crippen molar-refractivity contribution in [1.29, 1.82) is 0 Å². The summed E-state index contributed by atoms with van der Waals surface area (Å²) in [5.41, 5.74) is 0. The summed E-state index contributed by atoms with van der Waals surface area (Å²) >= 11 is 0. The van der Waals surface area contributed by atoms with Gasteiger partial charge in [0, 0.05) is 6.42 Å². The number of carbonyl (C=O) groups is 1. The molecule has 6 N–H and O–H groups in total. The van der Waals surface area contributed by atoms with Crippen LogP contribution in [0.25, 0.3) is 0 Å². The minimum absolute atomic E-state index is 0.193. The zero-order valence-electron chi connectivity index (χ0n) is 38.6. The van der Waals surface area contributed by atoms with Crippen molar-refractivity contribution in [2.75, 3.05) is 13.2 Å². The minimum Gasteiger partial charge on any atom is -0.394 e. The van der Waals surface area contributed by atoms with Crippen molar-refractivity contribution in [1.82, 2.24) is 5.32 Å². The minimum atomic E-state index is -1.57. The Hall–Kier alpha value is -2.37. The van der Waals surface area contributed by atoms with Crippen molar-refractivity contribution in [3.05, 3.63) is 72.9 Å². The van der Waals surface area contributed by atoms with Crippen molar-refractivity contribution in [2.24, 2.45) is 0 Å². The number of ether oxygens (including phenoxy) is 2. The van der Waals surface area contributed by atoms with Crippen molar-refractivity contribution in [3.8, 4) is 0 Å². The first-order valence-electron chi connectivity index (χ1n) is 24.7. The lowest BCUT2D eigenvalue weighted by Crippen LogP contribution is -2.60. The van der Waals surface area contributed by atoms with Crippen LogP contribution in [-0.4, -0.2) is 87.5 Å². The number of nitrogens with one attached hydrogen (secondary N) is 1. The molecule has 1 amide bonds. The Morgan fingerprint density at radius 3 is 1.56 bits per heavy atom. The summed E-state index contributed by atoms with van der Waals surface area (Å²) in [6, 6.07) is -0.820. The lowest BCUT2D eigenvalue weighted by molar-refractivity contribution is -0.302.